The molecule has 1 fully saturated rings. The number of phosphoric ester groups is 1. The van der Waals surface area contributed by atoms with Gasteiger partial charge < -0.3 is 39.9 Å². The molecule has 15 heteroatoms. The number of aliphatic hydroxyl groups excluding tert-OH is 1. The fourth-order valence-corrected chi connectivity index (χ4v) is 3.60. The highest BCUT2D eigenvalue weighted by Gasteiger charge is 2.60. The number of aliphatic hydroxyl groups is 2. The molecule has 174 valence electrons. The van der Waals surface area contributed by atoms with E-state index in [4.69, 9.17) is 19.9 Å². The molecule has 6 N–H and O–H groups in total. The number of anilines is 1. The lowest BCUT2D eigenvalue weighted by Crippen LogP contribution is -2.51. The summed E-state index contributed by atoms with van der Waals surface area (Å²) in [7, 11) is -3.93. The van der Waals surface area contributed by atoms with Crippen molar-refractivity contribution in [1.82, 2.24) is 9.55 Å². The minimum absolute atomic E-state index is 0.0966. The number of carbonyl (C=O) groups excluding carboxylic acids is 1. The molecular formula is C17H20N3O11P. The lowest BCUT2D eigenvalue weighted by atomic mass is 10.1. The number of nitrogen functional groups attached to an aromatic ring is 1. The Bertz CT molecular complexity index is 1090. The molecule has 14 nitrogen and oxygen atoms in total. The fraction of sp³-hybridized carbons (Fsp3) is 0.353. The van der Waals surface area contributed by atoms with Crippen LogP contribution in [0.4, 0.5) is 5.82 Å². The standard InChI is InChI=1S/C17H20N3O11P/c1-28-10-4-2-9(3-5-10)15(22)29-8-11-17(24,31-32(25,26)27)13(21)14(30-11)20-7-6-12(18)19-16(20)23/h2-7,11,13-14,21,24H,8H2,1H3,(H2,18,19,23)(H2,25,26,27)/t11-,13+,14-,17-/m1/s1. The van der Waals surface area contributed by atoms with Gasteiger partial charge in [-0.05, 0) is 30.3 Å². The van der Waals surface area contributed by atoms with Crippen LogP contribution in [0.5, 0.6) is 5.75 Å². The first kappa shape index (κ1) is 23.8. The lowest BCUT2D eigenvalue weighted by molar-refractivity contribution is -0.224. The number of nitrogens with zero attached hydrogens (tertiary/aromatic N) is 2. The minimum Gasteiger partial charge on any atom is -0.497 e. The molecule has 0 aliphatic carbocycles. The molecule has 1 aromatic heterocycles. The molecule has 2 heterocycles. The molecule has 2 aromatic rings. The van der Waals surface area contributed by atoms with Gasteiger partial charge in [-0.2, -0.15) is 4.98 Å². The maximum absolute atomic E-state index is 12.3. The number of benzene rings is 1. The molecule has 4 atom stereocenters. The quantitative estimate of drug-likeness (QED) is 0.181. The number of aromatic nitrogens is 2. The monoisotopic (exact) mass is 473 g/mol. The van der Waals surface area contributed by atoms with Crippen LogP contribution in [0.15, 0.2) is 41.3 Å². The molecule has 0 amide bonds. The first-order valence-corrected chi connectivity index (χ1v) is 10.5. The third kappa shape index (κ3) is 4.97. The number of ether oxygens (including phenoxy) is 3. The van der Waals surface area contributed by atoms with E-state index in [1.165, 1.54) is 37.4 Å². The van der Waals surface area contributed by atoms with Gasteiger partial charge in [0.1, 0.15) is 18.2 Å². The summed E-state index contributed by atoms with van der Waals surface area (Å²) in [4.78, 5) is 46.2. The van der Waals surface area contributed by atoms with Gasteiger partial charge in [-0.15, -0.1) is 0 Å². The number of hydrogen-bond acceptors (Lipinski definition) is 11. The van der Waals surface area contributed by atoms with E-state index in [-0.39, 0.29) is 11.4 Å². The third-order valence-electron chi connectivity index (χ3n) is 4.54. The minimum atomic E-state index is -5.37. The van der Waals surface area contributed by atoms with E-state index in [0.29, 0.717) is 5.75 Å². The number of rotatable bonds is 7. The second-order valence-corrected chi connectivity index (χ2v) is 7.83. The third-order valence-corrected chi connectivity index (χ3v) is 5.07. The summed E-state index contributed by atoms with van der Waals surface area (Å²) in [5.74, 6) is -3.58. The fourth-order valence-electron chi connectivity index (χ4n) is 3.00. The maximum atomic E-state index is 12.3. The highest BCUT2D eigenvalue weighted by Crippen LogP contribution is 2.48. The number of esters is 1. The van der Waals surface area contributed by atoms with Gasteiger partial charge in [0.25, 0.3) is 0 Å². The zero-order valence-electron chi connectivity index (χ0n) is 16.5. The molecule has 1 aromatic carbocycles. The highest BCUT2D eigenvalue weighted by atomic mass is 31.2. The van der Waals surface area contributed by atoms with Gasteiger partial charge in [0.15, 0.2) is 18.4 Å². The van der Waals surface area contributed by atoms with Crippen molar-refractivity contribution in [1.29, 1.82) is 0 Å². The summed E-state index contributed by atoms with van der Waals surface area (Å²) in [6.45, 7) is -0.800. The Morgan fingerprint density at radius 1 is 1.31 bits per heavy atom. The van der Waals surface area contributed by atoms with Crippen LogP contribution in [0, 0.1) is 0 Å². The maximum Gasteiger partial charge on any atom is 0.472 e. The van der Waals surface area contributed by atoms with Crippen molar-refractivity contribution in [2.45, 2.75) is 24.2 Å². The van der Waals surface area contributed by atoms with Crippen LogP contribution in [0.3, 0.4) is 0 Å². The molecule has 1 aliphatic rings. The van der Waals surface area contributed by atoms with Crippen LogP contribution in [-0.4, -0.2) is 67.2 Å². The Kier molecular flexibility index (Phi) is 6.67. The molecule has 0 radical (unpaired) electrons. The van der Waals surface area contributed by atoms with Gasteiger partial charge in [-0.1, -0.05) is 0 Å². The van der Waals surface area contributed by atoms with Crippen LogP contribution in [-0.2, 0) is 18.6 Å². The average molecular weight is 473 g/mol. The van der Waals surface area contributed by atoms with E-state index < -0.39 is 50.3 Å². The van der Waals surface area contributed by atoms with Crippen molar-refractivity contribution in [3.8, 4) is 5.75 Å². The van der Waals surface area contributed by atoms with Crippen molar-refractivity contribution in [2.24, 2.45) is 0 Å². The second kappa shape index (κ2) is 8.96. The number of hydrogen-bond donors (Lipinski definition) is 5. The Labute approximate surface area is 180 Å². The van der Waals surface area contributed by atoms with Gasteiger partial charge in [-0.25, -0.2) is 18.7 Å². The zero-order chi connectivity index (χ0) is 23.7. The molecule has 0 bridgehead atoms. The van der Waals surface area contributed by atoms with Gasteiger partial charge in [-0.3, -0.25) is 4.57 Å². The number of phosphoric acid groups is 1. The van der Waals surface area contributed by atoms with Gasteiger partial charge in [0.2, 0.25) is 5.79 Å². The predicted molar refractivity (Wildman–Crippen MR) is 104 cm³/mol. The molecule has 0 unspecified atom stereocenters. The molecule has 1 saturated heterocycles. The molecule has 3 rings (SSSR count). The van der Waals surface area contributed by atoms with E-state index in [9.17, 15) is 34.2 Å². The van der Waals surface area contributed by atoms with E-state index in [2.05, 4.69) is 9.51 Å². The zero-order valence-corrected chi connectivity index (χ0v) is 17.4. The van der Waals surface area contributed by atoms with Gasteiger partial charge in [0, 0.05) is 6.20 Å². The number of methoxy groups -OCH3 is 1. The Morgan fingerprint density at radius 3 is 2.53 bits per heavy atom. The number of nitrogens with two attached hydrogens (primary N) is 1. The first-order chi connectivity index (χ1) is 14.9. The first-order valence-electron chi connectivity index (χ1n) is 8.92. The largest absolute Gasteiger partial charge is 0.497 e. The molecule has 0 saturated carbocycles. The topological polar surface area (TPSA) is 213 Å². The second-order valence-electron chi connectivity index (χ2n) is 6.66. The highest BCUT2D eigenvalue weighted by molar-refractivity contribution is 7.46. The van der Waals surface area contributed by atoms with Crippen molar-refractivity contribution in [3.05, 3.63) is 52.6 Å². The molecule has 32 heavy (non-hydrogen) atoms. The normalized spacial score (nSPS) is 25.5. The van der Waals surface area contributed by atoms with Crippen molar-refractivity contribution < 1.29 is 48.1 Å². The Morgan fingerprint density at radius 2 is 1.97 bits per heavy atom. The van der Waals surface area contributed by atoms with E-state index in [1.54, 1.807) is 0 Å². The summed E-state index contributed by atoms with van der Waals surface area (Å²) in [6, 6.07) is 6.97. The number of carbonyl (C=O) groups is 1. The van der Waals surface area contributed by atoms with Crippen LogP contribution in [0.2, 0.25) is 0 Å². The summed E-state index contributed by atoms with van der Waals surface area (Å²) in [5, 5.41) is 21.2. The van der Waals surface area contributed by atoms with Crippen molar-refractivity contribution >= 4 is 19.6 Å². The smallest absolute Gasteiger partial charge is 0.472 e. The molecule has 0 spiro atoms. The van der Waals surface area contributed by atoms with Crippen LogP contribution in [0.25, 0.3) is 0 Å². The Hall–Kier alpha value is -2.84. The average Bonchev–Trinajstić information content (AvgIpc) is 2.95. The van der Waals surface area contributed by atoms with Crippen molar-refractivity contribution in [2.75, 3.05) is 19.5 Å². The van der Waals surface area contributed by atoms with Crippen LogP contribution < -0.4 is 16.2 Å². The van der Waals surface area contributed by atoms with Crippen molar-refractivity contribution in [3.63, 3.8) is 0 Å². The van der Waals surface area contributed by atoms with Crippen LogP contribution in [0.1, 0.15) is 16.6 Å². The predicted octanol–water partition coefficient (Wildman–Crippen LogP) is -1.25. The van der Waals surface area contributed by atoms with E-state index in [0.717, 1.165) is 10.8 Å². The van der Waals surface area contributed by atoms with E-state index in [1.807, 2.05) is 0 Å². The van der Waals surface area contributed by atoms with Gasteiger partial charge in [0.05, 0.1) is 12.7 Å². The van der Waals surface area contributed by atoms with Crippen LogP contribution >= 0.6 is 7.82 Å². The van der Waals surface area contributed by atoms with E-state index >= 15 is 0 Å². The summed E-state index contributed by atoms with van der Waals surface area (Å²) < 4.78 is 31.9. The SMILES string of the molecule is COc1ccc(C(=O)OC[C@H]2O[C@@H](n3ccc(N)nc3=O)[C@H](O)[C@]2(O)OP(=O)(O)O)cc1. The lowest BCUT2D eigenvalue weighted by Gasteiger charge is -2.30. The van der Waals surface area contributed by atoms with Gasteiger partial charge >= 0.3 is 19.5 Å². The summed E-state index contributed by atoms with van der Waals surface area (Å²) >= 11 is 0. The molecular weight excluding hydrogens is 453 g/mol. The summed E-state index contributed by atoms with van der Waals surface area (Å²) in [6.07, 6.45) is -4.61. The summed E-state index contributed by atoms with van der Waals surface area (Å²) in [5.41, 5.74) is 4.52. The molecule has 1 aliphatic heterocycles. The Balaban J connectivity index is 1.84.